The zero-order chi connectivity index (χ0) is 14.3. The molecule has 0 spiro atoms. The van der Waals surface area contributed by atoms with Crippen LogP contribution in [0.5, 0.6) is 0 Å². The molecule has 0 atom stereocenters. The lowest BCUT2D eigenvalue weighted by Gasteiger charge is -2.14. The number of hydrogen-bond donors (Lipinski definition) is 1. The lowest BCUT2D eigenvalue weighted by molar-refractivity contribution is 0.0663. The van der Waals surface area contributed by atoms with Crippen LogP contribution in [0.1, 0.15) is 34.5 Å². The average molecular weight is 277 g/mol. The molecule has 5 heteroatoms. The van der Waals surface area contributed by atoms with E-state index < -0.39 is 11.8 Å². The van der Waals surface area contributed by atoms with Crippen LogP contribution in [0, 0.1) is 12.7 Å². The Kier molecular flexibility index (Phi) is 3.22. The zero-order valence-electron chi connectivity index (χ0n) is 11.3. The number of halogens is 1. The maximum absolute atomic E-state index is 14.1. The van der Waals surface area contributed by atoms with Crippen molar-refractivity contribution < 1.29 is 18.7 Å². The van der Waals surface area contributed by atoms with Gasteiger partial charge >= 0.3 is 5.97 Å². The van der Waals surface area contributed by atoms with Crippen molar-refractivity contribution in [2.75, 3.05) is 13.1 Å². The Hall–Kier alpha value is -1.88. The Morgan fingerprint density at radius 1 is 1.40 bits per heavy atom. The molecule has 2 aromatic rings. The quantitative estimate of drug-likeness (QED) is 0.936. The van der Waals surface area contributed by atoms with Crippen LogP contribution in [0.25, 0.3) is 11.0 Å². The summed E-state index contributed by atoms with van der Waals surface area (Å²) in [5.41, 5.74) is 1.37. The molecule has 1 fully saturated rings. The first-order valence-electron chi connectivity index (χ1n) is 6.73. The van der Waals surface area contributed by atoms with Gasteiger partial charge in [0.25, 0.3) is 0 Å². The maximum Gasteiger partial charge on any atom is 0.372 e. The minimum Gasteiger partial charge on any atom is -0.475 e. The summed E-state index contributed by atoms with van der Waals surface area (Å²) in [5.74, 6) is -1.84. The van der Waals surface area contributed by atoms with Gasteiger partial charge in [-0.3, -0.25) is 4.90 Å². The summed E-state index contributed by atoms with van der Waals surface area (Å²) in [4.78, 5) is 13.3. The van der Waals surface area contributed by atoms with Gasteiger partial charge in [0.2, 0.25) is 5.76 Å². The van der Waals surface area contributed by atoms with Gasteiger partial charge in [0, 0.05) is 17.5 Å². The molecule has 0 unspecified atom stereocenters. The van der Waals surface area contributed by atoms with Crippen LogP contribution in [-0.2, 0) is 6.54 Å². The van der Waals surface area contributed by atoms with E-state index in [4.69, 9.17) is 9.52 Å². The van der Waals surface area contributed by atoms with Crippen LogP contribution in [-0.4, -0.2) is 29.1 Å². The van der Waals surface area contributed by atoms with Gasteiger partial charge in [-0.15, -0.1) is 0 Å². The summed E-state index contributed by atoms with van der Waals surface area (Å²) in [6, 6.07) is 3.28. The molecule has 0 amide bonds. The fraction of sp³-hybridized carbons (Fsp3) is 0.400. The van der Waals surface area contributed by atoms with Crippen LogP contribution >= 0.6 is 0 Å². The first kappa shape index (κ1) is 13.1. The van der Waals surface area contributed by atoms with E-state index in [1.807, 2.05) is 6.07 Å². The van der Waals surface area contributed by atoms with Crippen molar-refractivity contribution >= 4 is 16.9 Å². The number of hydrogen-bond acceptors (Lipinski definition) is 3. The summed E-state index contributed by atoms with van der Waals surface area (Å²) >= 11 is 0. The van der Waals surface area contributed by atoms with E-state index >= 15 is 0 Å². The third-order valence-electron chi connectivity index (χ3n) is 3.85. The lowest BCUT2D eigenvalue weighted by atomic mass is 10.1. The number of aromatic carboxylic acids is 1. The number of likely N-dealkylation sites (tertiary alicyclic amines) is 1. The second-order valence-corrected chi connectivity index (χ2v) is 5.30. The Balaban J connectivity index is 2.03. The van der Waals surface area contributed by atoms with Crippen molar-refractivity contribution in [2.24, 2.45) is 0 Å². The second-order valence-electron chi connectivity index (χ2n) is 5.30. The first-order valence-corrected chi connectivity index (χ1v) is 6.73. The highest BCUT2D eigenvalue weighted by Crippen LogP contribution is 2.29. The van der Waals surface area contributed by atoms with Crippen molar-refractivity contribution in [3.05, 3.63) is 34.8 Å². The van der Waals surface area contributed by atoms with E-state index in [0.717, 1.165) is 18.7 Å². The normalized spacial score (nSPS) is 16.1. The average Bonchev–Trinajstić information content (AvgIpc) is 2.99. The number of carboxylic acids is 1. The Bertz CT molecular complexity index is 671. The van der Waals surface area contributed by atoms with Gasteiger partial charge in [0.15, 0.2) is 11.4 Å². The van der Waals surface area contributed by atoms with Gasteiger partial charge in [0.1, 0.15) is 0 Å². The summed E-state index contributed by atoms with van der Waals surface area (Å²) in [5, 5.41) is 9.58. The first-order chi connectivity index (χ1) is 9.56. The largest absolute Gasteiger partial charge is 0.475 e. The predicted molar refractivity (Wildman–Crippen MR) is 72.4 cm³/mol. The van der Waals surface area contributed by atoms with Crippen molar-refractivity contribution in [2.45, 2.75) is 26.3 Å². The molecule has 0 radical (unpaired) electrons. The van der Waals surface area contributed by atoms with E-state index in [-0.39, 0.29) is 11.3 Å². The van der Waals surface area contributed by atoms with Gasteiger partial charge in [-0.25, -0.2) is 9.18 Å². The van der Waals surface area contributed by atoms with Crippen LogP contribution in [0.3, 0.4) is 0 Å². The van der Waals surface area contributed by atoms with E-state index in [1.165, 1.54) is 18.9 Å². The summed E-state index contributed by atoms with van der Waals surface area (Å²) in [6.45, 7) is 4.41. The smallest absolute Gasteiger partial charge is 0.372 e. The number of carboxylic acid groups (broad SMARTS) is 1. The number of benzene rings is 1. The number of fused-ring (bicyclic) bond motifs is 1. The fourth-order valence-corrected chi connectivity index (χ4v) is 2.83. The molecule has 1 N–H and O–H groups in total. The van der Waals surface area contributed by atoms with Crippen LogP contribution in [0.15, 0.2) is 16.5 Å². The van der Waals surface area contributed by atoms with Crippen LogP contribution in [0.4, 0.5) is 4.39 Å². The molecule has 0 bridgehead atoms. The van der Waals surface area contributed by atoms with Gasteiger partial charge in [-0.2, -0.15) is 0 Å². The number of rotatable bonds is 3. The van der Waals surface area contributed by atoms with E-state index in [0.29, 0.717) is 17.5 Å². The van der Waals surface area contributed by atoms with Crippen molar-refractivity contribution in [1.82, 2.24) is 4.90 Å². The van der Waals surface area contributed by atoms with Crippen molar-refractivity contribution in [1.29, 1.82) is 0 Å². The van der Waals surface area contributed by atoms with Gasteiger partial charge < -0.3 is 9.52 Å². The molecule has 0 aliphatic carbocycles. The molecular weight excluding hydrogens is 261 g/mol. The molecule has 1 aromatic carbocycles. The Morgan fingerprint density at radius 3 is 2.75 bits per heavy atom. The van der Waals surface area contributed by atoms with E-state index in [2.05, 4.69) is 4.90 Å². The molecular formula is C15H16FNO3. The monoisotopic (exact) mass is 277 g/mol. The number of aryl methyl sites for hydroxylation is 1. The van der Waals surface area contributed by atoms with Gasteiger partial charge in [-0.1, -0.05) is 0 Å². The Labute approximate surface area is 115 Å². The minimum absolute atomic E-state index is 0.0325. The molecule has 2 heterocycles. The van der Waals surface area contributed by atoms with E-state index in [1.54, 1.807) is 6.92 Å². The predicted octanol–water partition coefficient (Wildman–Crippen LogP) is 3.17. The highest BCUT2D eigenvalue weighted by atomic mass is 19.1. The minimum atomic E-state index is -1.17. The summed E-state index contributed by atoms with van der Waals surface area (Å²) in [6.07, 6.45) is 2.36. The van der Waals surface area contributed by atoms with Crippen LogP contribution < -0.4 is 0 Å². The van der Waals surface area contributed by atoms with Crippen LogP contribution in [0.2, 0.25) is 0 Å². The fourth-order valence-electron chi connectivity index (χ4n) is 2.83. The molecule has 20 heavy (non-hydrogen) atoms. The molecule has 1 saturated heterocycles. The summed E-state index contributed by atoms with van der Waals surface area (Å²) in [7, 11) is 0. The number of carbonyl (C=O) groups is 1. The van der Waals surface area contributed by atoms with Gasteiger partial charge in [0.05, 0.1) is 0 Å². The maximum atomic E-state index is 14.1. The summed E-state index contributed by atoms with van der Waals surface area (Å²) < 4.78 is 19.2. The lowest BCUT2D eigenvalue weighted by Crippen LogP contribution is -2.18. The SMILES string of the molecule is Cc1c(C(=O)O)oc2c(F)cc(CN3CCCC3)cc12. The zero-order valence-corrected chi connectivity index (χ0v) is 11.3. The molecule has 1 aliphatic rings. The third kappa shape index (κ3) is 2.18. The molecule has 0 saturated carbocycles. The van der Waals surface area contributed by atoms with E-state index in [9.17, 15) is 9.18 Å². The third-order valence-corrected chi connectivity index (χ3v) is 3.85. The molecule has 4 nitrogen and oxygen atoms in total. The topological polar surface area (TPSA) is 53.7 Å². The molecule has 1 aliphatic heterocycles. The standard InChI is InChI=1S/C15H16FNO3/c1-9-11-6-10(8-17-4-2-3-5-17)7-12(16)14(11)20-13(9)15(18)19/h6-7H,2-5,8H2,1H3,(H,18,19). The Morgan fingerprint density at radius 2 is 2.10 bits per heavy atom. The second kappa shape index (κ2) is 4.90. The van der Waals surface area contributed by atoms with Gasteiger partial charge in [-0.05, 0) is 50.6 Å². The highest BCUT2D eigenvalue weighted by molar-refractivity contribution is 5.95. The van der Waals surface area contributed by atoms with Crippen molar-refractivity contribution in [3.8, 4) is 0 Å². The van der Waals surface area contributed by atoms with Crippen molar-refractivity contribution in [3.63, 3.8) is 0 Å². The molecule has 1 aromatic heterocycles. The molecule has 106 valence electrons. The number of nitrogens with zero attached hydrogens (tertiary/aromatic N) is 1. The number of furan rings is 1. The highest BCUT2D eigenvalue weighted by Gasteiger charge is 2.20. The molecule has 3 rings (SSSR count).